The fourth-order valence-electron chi connectivity index (χ4n) is 2.29. The van der Waals surface area contributed by atoms with Crippen molar-refractivity contribution < 1.29 is 0 Å². The zero-order chi connectivity index (χ0) is 12.3. The molecule has 1 saturated heterocycles. The van der Waals surface area contributed by atoms with Gasteiger partial charge in [-0.15, -0.1) is 0 Å². The summed E-state index contributed by atoms with van der Waals surface area (Å²) in [6.45, 7) is 7.93. The molecule has 0 aliphatic carbocycles. The standard InChI is InChI=1S/C14H21BrN2/c1-11(2)16-9-12-7-8-17(10-12)14-5-3-13(15)4-6-14/h3-6,11-12,16H,7-10H2,1-2H3. The largest absolute Gasteiger partial charge is 0.371 e. The molecule has 1 fully saturated rings. The van der Waals surface area contributed by atoms with Gasteiger partial charge in [-0.1, -0.05) is 29.8 Å². The van der Waals surface area contributed by atoms with Crippen molar-refractivity contribution >= 4 is 21.6 Å². The predicted molar refractivity (Wildman–Crippen MR) is 77.6 cm³/mol. The summed E-state index contributed by atoms with van der Waals surface area (Å²) in [6, 6.07) is 9.23. The first-order valence-corrected chi connectivity index (χ1v) is 7.18. The molecule has 17 heavy (non-hydrogen) atoms. The third-order valence-corrected chi connectivity index (χ3v) is 3.82. The van der Waals surface area contributed by atoms with Crippen LogP contribution in [0.1, 0.15) is 20.3 Å². The minimum Gasteiger partial charge on any atom is -0.371 e. The average Bonchev–Trinajstić information content (AvgIpc) is 2.76. The molecule has 0 amide bonds. The Bertz CT molecular complexity index is 348. The van der Waals surface area contributed by atoms with Gasteiger partial charge in [-0.2, -0.15) is 0 Å². The van der Waals surface area contributed by atoms with Crippen molar-refractivity contribution in [3.05, 3.63) is 28.7 Å². The van der Waals surface area contributed by atoms with E-state index in [0.29, 0.717) is 6.04 Å². The highest BCUT2D eigenvalue weighted by molar-refractivity contribution is 9.10. The van der Waals surface area contributed by atoms with Crippen LogP contribution in [0.4, 0.5) is 5.69 Å². The van der Waals surface area contributed by atoms with Gasteiger partial charge in [-0.05, 0) is 43.1 Å². The van der Waals surface area contributed by atoms with E-state index in [2.05, 4.69) is 64.3 Å². The van der Waals surface area contributed by atoms with E-state index in [1.165, 1.54) is 25.2 Å². The van der Waals surface area contributed by atoms with E-state index >= 15 is 0 Å². The van der Waals surface area contributed by atoms with Crippen LogP contribution in [0.3, 0.4) is 0 Å². The normalized spacial score (nSPS) is 20.2. The highest BCUT2D eigenvalue weighted by Crippen LogP contribution is 2.24. The maximum Gasteiger partial charge on any atom is 0.0367 e. The highest BCUT2D eigenvalue weighted by Gasteiger charge is 2.22. The van der Waals surface area contributed by atoms with Crippen LogP contribution in [-0.2, 0) is 0 Å². The Hall–Kier alpha value is -0.540. The quantitative estimate of drug-likeness (QED) is 0.917. The molecule has 1 aromatic carbocycles. The summed E-state index contributed by atoms with van der Waals surface area (Å²) in [5.74, 6) is 0.793. The van der Waals surface area contributed by atoms with E-state index in [1.54, 1.807) is 0 Å². The van der Waals surface area contributed by atoms with E-state index in [-0.39, 0.29) is 0 Å². The first-order chi connectivity index (χ1) is 8.15. The van der Waals surface area contributed by atoms with Crippen LogP contribution >= 0.6 is 15.9 Å². The van der Waals surface area contributed by atoms with Crippen molar-refractivity contribution in [2.45, 2.75) is 26.3 Å². The fourth-order valence-corrected chi connectivity index (χ4v) is 2.55. The minimum atomic E-state index is 0.594. The molecule has 0 saturated carbocycles. The second-order valence-electron chi connectivity index (χ2n) is 5.14. The first-order valence-electron chi connectivity index (χ1n) is 6.39. The maximum absolute atomic E-state index is 3.53. The molecule has 1 unspecified atom stereocenters. The molecule has 0 spiro atoms. The summed E-state index contributed by atoms with van der Waals surface area (Å²) in [5.41, 5.74) is 1.35. The lowest BCUT2D eigenvalue weighted by Gasteiger charge is -2.19. The second kappa shape index (κ2) is 5.87. The third-order valence-electron chi connectivity index (χ3n) is 3.29. The number of nitrogens with zero attached hydrogens (tertiary/aromatic N) is 1. The zero-order valence-electron chi connectivity index (χ0n) is 10.6. The number of hydrogen-bond donors (Lipinski definition) is 1. The Kier molecular flexibility index (Phi) is 4.46. The third kappa shape index (κ3) is 3.71. The van der Waals surface area contributed by atoms with Gasteiger partial charge < -0.3 is 10.2 Å². The van der Waals surface area contributed by atoms with Crippen LogP contribution in [0.25, 0.3) is 0 Å². The van der Waals surface area contributed by atoms with Crippen LogP contribution < -0.4 is 10.2 Å². The average molecular weight is 297 g/mol. The van der Waals surface area contributed by atoms with Gasteiger partial charge in [0.05, 0.1) is 0 Å². The minimum absolute atomic E-state index is 0.594. The van der Waals surface area contributed by atoms with Gasteiger partial charge in [0.1, 0.15) is 0 Å². The maximum atomic E-state index is 3.53. The SMILES string of the molecule is CC(C)NCC1CCN(c2ccc(Br)cc2)C1. The Labute approximate surface area is 113 Å². The van der Waals surface area contributed by atoms with Crippen molar-refractivity contribution in [2.75, 3.05) is 24.5 Å². The van der Waals surface area contributed by atoms with E-state index in [9.17, 15) is 0 Å². The molecule has 2 rings (SSSR count). The van der Waals surface area contributed by atoms with Crippen molar-refractivity contribution in [1.82, 2.24) is 5.32 Å². The molecule has 2 nitrogen and oxygen atoms in total. The first kappa shape index (κ1) is 12.9. The lowest BCUT2D eigenvalue weighted by Crippen LogP contribution is -2.30. The second-order valence-corrected chi connectivity index (χ2v) is 6.06. The molecule has 94 valence electrons. The van der Waals surface area contributed by atoms with Gasteiger partial charge in [-0.3, -0.25) is 0 Å². The van der Waals surface area contributed by atoms with Crippen molar-refractivity contribution in [3.63, 3.8) is 0 Å². The molecule has 1 atom stereocenters. The number of hydrogen-bond acceptors (Lipinski definition) is 2. The lowest BCUT2D eigenvalue weighted by atomic mass is 10.1. The van der Waals surface area contributed by atoms with Crippen molar-refractivity contribution in [2.24, 2.45) is 5.92 Å². The smallest absolute Gasteiger partial charge is 0.0367 e. The fraction of sp³-hybridized carbons (Fsp3) is 0.571. The van der Waals surface area contributed by atoms with Crippen molar-refractivity contribution in [1.29, 1.82) is 0 Å². The van der Waals surface area contributed by atoms with Gasteiger partial charge in [0.15, 0.2) is 0 Å². The Morgan fingerprint density at radius 1 is 1.35 bits per heavy atom. The lowest BCUT2D eigenvalue weighted by molar-refractivity contribution is 0.480. The Morgan fingerprint density at radius 3 is 2.71 bits per heavy atom. The molecule has 1 aliphatic heterocycles. The summed E-state index contributed by atoms with van der Waals surface area (Å²) < 4.78 is 1.15. The molecule has 1 heterocycles. The van der Waals surface area contributed by atoms with Crippen molar-refractivity contribution in [3.8, 4) is 0 Å². The molecule has 1 aliphatic rings. The molecular formula is C14H21BrN2. The van der Waals surface area contributed by atoms with Crippen LogP contribution in [0.5, 0.6) is 0 Å². The van der Waals surface area contributed by atoms with Gasteiger partial charge in [-0.25, -0.2) is 0 Å². The Balaban J connectivity index is 1.87. The molecular weight excluding hydrogens is 276 g/mol. The van der Waals surface area contributed by atoms with Crippen LogP contribution in [-0.4, -0.2) is 25.7 Å². The van der Waals surface area contributed by atoms with Gasteiger partial charge >= 0.3 is 0 Å². The van der Waals surface area contributed by atoms with E-state index < -0.39 is 0 Å². The van der Waals surface area contributed by atoms with Crippen LogP contribution in [0.15, 0.2) is 28.7 Å². The molecule has 1 aromatic rings. The number of anilines is 1. The topological polar surface area (TPSA) is 15.3 Å². The van der Waals surface area contributed by atoms with Gasteiger partial charge in [0.2, 0.25) is 0 Å². The number of rotatable bonds is 4. The summed E-state index contributed by atoms with van der Waals surface area (Å²) in [5, 5.41) is 3.53. The highest BCUT2D eigenvalue weighted by atomic mass is 79.9. The summed E-state index contributed by atoms with van der Waals surface area (Å²) in [7, 11) is 0. The van der Waals surface area contributed by atoms with Gasteiger partial charge in [0.25, 0.3) is 0 Å². The molecule has 1 N–H and O–H groups in total. The van der Waals surface area contributed by atoms with E-state index in [1.807, 2.05) is 0 Å². The molecule has 0 aromatic heterocycles. The summed E-state index contributed by atoms with van der Waals surface area (Å²) in [4.78, 5) is 2.49. The monoisotopic (exact) mass is 296 g/mol. The molecule has 0 radical (unpaired) electrons. The summed E-state index contributed by atoms with van der Waals surface area (Å²) in [6.07, 6.45) is 1.30. The Morgan fingerprint density at radius 2 is 2.06 bits per heavy atom. The van der Waals surface area contributed by atoms with E-state index in [4.69, 9.17) is 0 Å². The van der Waals surface area contributed by atoms with Gasteiger partial charge in [0, 0.05) is 29.3 Å². The van der Waals surface area contributed by atoms with Crippen LogP contribution in [0, 0.1) is 5.92 Å². The predicted octanol–water partition coefficient (Wildman–Crippen LogP) is 3.27. The molecule has 3 heteroatoms. The van der Waals surface area contributed by atoms with E-state index in [0.717, 1.165) is 16.9 Å². The number of halogens is 1. The zero-order valence-corrected chi connectivity index (χ0v) is 12.2. The van der Waals surface area contributed by atoms with Crippen LogP contribution in [0.2, 0.25) is 0 Å². The number of nitrogens with one attached hydrogen (secondary N) is 1. The summed E-state index contributed by atoms with van der Waals surface area (Å²) >= 11 is 3.48. The number of benzene rings is 1. The molecule has 0 bridgehead atoms.